The van der Waals surface area contributed by atoms with Crippen molar-refractivity contribution in [2.24, 2.45) is 0 Å². The lowest BCUT2D eigenvalue weighted by Crippen LogP contribution is -2.30. The molecule has 1 heterocycles. The van der Waals surface area contributed by atoms with Crippen LogP contribution in [0.15, 0.2) is 54.7 Å². The van der Waals surface area contributed by atoms with Crippen molar-refractivity contribution in [3.05, 3.63) is 59.8 Å². The van der Waals surface area contributed by atoms with Gasteiger partial charge in [0.05, 0.1) is 17.3 Å². The van der Waals surface area contributed by atoms with E-state index in [1.54, 1.807) is 49.5 Å². The fourth-order valence-corrected chi connectivity index (χ4v) is 2.73. The summed E-state index contributed by atoms with van der Waals surface area (Å²) >= 11 is 6.08. The van der Waals surface area contributed by atoms with Gasteiger partial charge < -0.3 is 14.8 Å². The number of rotatable bonds is 6. The first-order valence-corrected chi connectivity index (χ1v) is 8.70. The smallest absolute Gasteiger partial charge is 0.265 e. The Bertz CT molecular complexity index is 930. The molecule has 3 rings (SSSR count). The number of aromatic nitrogens is 1. The van der Waals surface area contributed by atoms with E-state index in [0.29, 0.717) is 34.3 Å². The molecule has 26 heavy (non-hydrogen) atoms. The minimum Gasteiger partial charge on any atom is -0.492 e. The molecule has 0 aliphatic rings. The van der Waals surface area contributed by atoms with E-state index in [1.807, 2.05) is 19.1 Å². The molecule has 1 aromatic heterocycles. The minimum absolute atomic E-state index is 0.278. The quantitative estimate of drug-likeness (QED) is 0.683. The van der Waals surface area contributed by atoms with Crippen LogP contribution in [0.1, 0.15) is 13.8 Å². The molecule has 0 saturated heterocycles. The molecular weight excluding hydrogens is 352 g/mol. The normalized spacial score (nSPS) is 11.8. The van der Waals surface area contributed by atoms with Crippen molar-refractivity contribution < 1.29 is 14.3 Å². The molecule has 6 heteroatoms. The third-order valence-electron chi connectivity index (χ3n) is 3.80. The van der Waals surface area contributed by atoms with Crippen LogP contribution < -0.4 is 14.8 Å². The van der Waals surface area contributed by atoms with Gasteiger partial charge >= 0.3 is 0 Å². The maximum absolute atomic E-state index is 12.6. The Kier molecular flexibility index (Phi) is 5.58. The number of nitrogens with one attached hydrogen (secondary N) is 1. The highest BCUT2D eigenvalue weighted by Crippen LogP contribution is 2.30. The molecule has 0 aliphatic heterocycles. The molecule has 1 atom stereocenters. The van der Waals surface area contributed by atoms with Gasteiger partial charge in [-0.25, -0.2) is 0 Å². The van der Waals surface area contributed by atoms with Crippen LogP contribution in [-0.2, 0) is 4.79 Å². The van der Waals surface area contributed by atoms with Gasteiger partial charge in [-0.15, -0.1) is 0 Å². The van der Waals surface area contributed by atoms with Gasteiger partial charge in [0.25, 0.3) is 5.91 Å². The molecule has 0 aliphatic carbocycles. The lowest BCUT2D eigenvalue weighted by Gasteiger charge is -2.17. The second kappa shape index (κ2) is 8.06. The first kappa shape index (κ1) is 18.0. The van der Waals surface area contributed by atoms with Crippen molar-refractivity contribution in [2.75, 3.05) is 11.9 Å². The Morgan fingerprint density at radius 2 is 1.96 bits per heavy atom. The van der Waals surface area contributed by atoms with Gasteiger partial charge in [0, 0.05) is 11.6 Å². The molecule has 2 aromatic carbocycles. The van der Waals surface area contributed by atoms with Gasteiger partial charge in [-0.1, -0.05) is 23.7 Å². The number of carbonyl (C=O) groups is 1. The summed E-state index contributed by atoms with van der Waals surface area (Å²) in [4.78, 5) is 16.9. The summed E-state index contributed by atoms with van der Waals surface area (Å²) in [5.74, 6) is 0.871. The monoisotopic (exact) mass is 370 g/mol. The molecule has 0 unspecified atom stereocenters. The molecule has 1 amide bonds. The number of carbonyl (C=O) groups excluding carboxylic acids is 1. The van der Waals surface area contributed by atoms with Gasteiger partial charge in [-0.05, 0) is 50.2 Å². The predicted octanol–water partition coefficient (Wildman–Crippen LogP) is 4.69. The third kappa shape index (κ3) is 3.89. The number of amides is 1. The van der Waals surface area contributed by atoms with Crippen molar-refractivity contribution in [1.29, 1.82) is 0 Å². The van der Waals surface area contributed by atoms with E-state index in [1.165, 1.54) is 0 Å². The van der Waals surface area contributed by atoms with Gasteiger partial charge in [-0.3, -0.25) is 9.78 Å². The number of pyridine rings is 1. The van der Waals surface area contributed by atoms with Crippen LogP contribution >= 0.6 is 11.6 Å². The Morgan fingerprint density at radius 3 is 2.73 bits per heavy atom. The largest absolute Gasteiger partial charge is 0.492 e. The summed E-state index contributed by atoms with van der Waals surface area (Å²) in [5.41, 5.74) is 1.35. The van der Waals surface area contributed by atoms with E-state index in [-0.39, 0.29) is 5.91 Å². The van der Waals surface area contributed by atoms with Gasteiger partial charge in [0.2, 0.25) is 0 Å². The summed E-state index contributed by atoms with van der Waals surface area (Å²) < 4.78 is 11.3. The van der Waals surface area contributed by atoms with Gasteiger partial charge in [0.15, 0.2) is 6.10 Å². The molecule has 0 bridgehead atoms. The summed E-state index contributed by atoms with van der Waals surface area (Å²) in [6.07, 6.45) is 0.979. The number of halogens is 1. The molecular formula is C20H19ClN2O3. The number of ether oxygens (including phenoxy) is 2. The van der Waals surface area contributed by atoms with Crippen LogP contribution in [0.4, 0.5) is 5.69 Å². The Hall–Kier alpha value is -2.79. The number of para-hydroxylation sites is 1. The van der Waals surface area contributed by atoms with Crippen LogP contribution in [0, 0.1) is 0 Å². The minimum atomic E-state index is -0.715. The fraction of sp³-hybridized carbons (Fsp3) is 0.200. The molecule has 134 valence electrons. The number of hydrogen-bond acceptors (Lipinski definition) is 4. The van der Waals surface area contributed by atoms with Gasteiger partial charge in [-0.2, -0.15) is 0 Å². The van der Waals surface area contributed by atoms with E-state index in [4.69, 9.17) is 21.1 Å². The standard InChI is InChI=1S/C20H19ClN2O3/c1-3-25-18-11-10-16(14-7-6-12-22-19(14)18)23-20(24)13(2)26-17-9-5-4-8-15(17)21/h4-13H,3H2,1-2H3,(H,23,24)/t13-/m1/s1. The molecule has 3 aromatic rings. The van der Waals surface area contributed by atoms with E-state index in [0.717, 1.165) is 5.39 Å². The summed E-state index contributed by atoms with van der Waals surface area (Å²) in [6.45, 7) is 4.13. The zero-order valence-corrected chi connectivity index (χ0v) is 15.3. The molecule has 1 N–H and O–H groups in total. The molecule has 0 fully saturated rings. The first-order valence-electron chi connectivity index (χ1n) is 8.32. The highest BCUT2D eigenvalue weighted by atomic mass is 35.5. The Morgan fingerprint density at radius 1 is 1.15 bits per heavy atom. The van der Waals surface area contributed by atoms with Crippen molar-refractivity contribution in [2.45, 2.75) is 20.0 Å². The maximum atomic E-state index is 12.6. The SMILES string of the molecule is CCOc1ccc(NC(=O)[C@@H](C)Oc2ccccc2Cl)c2cccnc12. The third-order valence-corrected chi connectivity index (χ3v) is 4.11. The van der Waals surface area contributed by atoms with E-state index < -0.39 is 6.10 Å². The van der Waals surface area contributed by atoms with Crippen molar-refractivity contribution in [3.63, 3.8) is 0 Å². The van der Waals surface area contributed by atoms with Crippen molar-refractivity contribution in [1.82, 2.24) is 4.98 Å². The summed E-state index contributed by atoms with van der Waals surface area (Å²) in [5, 5.41) is 4.15. The van der Waals surface area contributed by atoms with E-state index >= 15 is 0 Å². The second-order valence-electron chi connectivity index (χ2n) is 5.62. The maximum Gasteiger partial charge on any atom is 0.265 e. The summed E-state index contributed by atoms with van der Waals surface area (Å²) in [6, 6.07) is 14.4. The highest BCUT2D eigenvalue weighted by Gasteiger charge is 2.18. The van der Waals surface area contributed by atoms with Crippen molar-refractivity contribution >= 4 is 34.1 Å². The number of anilines is 1. The average molecular weight is 371 g/mol. The zero-order valence-electron chi connectivity index (χ0n) is 14.5. The molecule has 5 nitrogen and oxygen atoms in total. The Labute approximate surface area is 156 Å². The predicted molar refractivity (Wildman–Crippen MR) is 103 cm³/mol. The number of benzene rings is 2. The molecule has 0 spiro atoms. The number of hydrogen-bond donors (Lipinski definition) is 1. The molecule has 0 radical (unpaired) electrons. The Balaban J connectivity index is 1.81. The lowest BCUT2D eigenvalue weighted by atomic mass is 10.1. The van der Waals surface area contributed by atoms with Crippen LogP contribution in [0.2, 0.25) is 5.02 Å². The highest BCUT2D eigenvalue weighted by molar-refractivity contribution is 6.32. The average Bonchev–Trinajstić information content (AvgIpc) is 2.65. The second-order valence-corrected chi connectivity index (χ2v) is 6.03. The van der Waals surface area contributed by atoms with E-state index in [9.17, 15) is 4.79 Å². The van der Waals surface area contributed by atoms with Crippen LogP contribution in [0.3, 0.4) is 0 Å². The zero-order chi connectivity index (χ0) is 18.5. The van der Waals surface area contributed by atoms with Crippen molar-refractivity contribution in [3.8, 4) is 11.5 Å². The number of fused-ring (bicyclic) bond motifs is 1. The lowest BCUT2D eigenvalue weighted by molar-refractivity contribution is -0.122. The van der Waals surface area contributed by atoms with E-state index in [2.05, 4.69) is 10.3 Å². The molecule has 0 saturated carbocycles. The van der Waals surface area contributed by atoms with Crippen LogP contribution in [0.25, 0.3) is 10.9 Å². The van der Waals surface area contributed by atoms with Crippen LogP contribution in [-0.4, -0.2) is 23.6 Å². The fourth-order valence-electron chi connectivity index (χ4n) is 2.55. The number of nitrogens with zero attached hydrogens (tertiary/aromatic N) is 1. The topological polar surface area (TPSA) is 60.5 Å². The summed E-state index contributed by atoms with van der Waals surface area (Å²) in [7, 11) is 0. The van der Waals surface area contributed by atoms with Gasteiger partial charge in [0.1, 0.15) is 17.0 Å². The van der Waals surface area contributed by atoms with Crippen LogP contribution in [0.5, 0.6) is 11.5 Å². The first-order chi connectivity index (χ1) is 12.6.